The number of likely N-dealkylation sites (tertiary alicyclic amines) is 1. The average molecular weight is 798 g/mol. The first-order valence-corrected chi connectivity index (χ1v) is 19.9. The number of anilines is 2. The Bertz CT molecular complexity index is 2080. The molecule has 4 aromatic rings. The van der Waals surface area contributed by atoms with Gasteiger partial charge in [-0.2, -0.15) is 23.1 Å². The number of aliphatic hydroxyl groups excluding tert-OH is 1. The molecule has 1 saturated carbocycles. The molecule has 5 heterocycles. The van der Waals surface area contributed by atoms with E-state index in [-0.39, 0.29) is 64.0 Å². The minimum absolute atomic E-state index is 0.0202. The molecule has 3 saturated heterocycles. The summed E-state index contributed by atoms with van der Waals surface area (Å²) in [5, 5.41) is 12.9. The van der Waals surface area contributed by atoms with Crippen molar-refractivity contribution in [1.29, 1.82) is 0 Å². The van der Waals surface area contributed by atoms with Crippen molar-refractivity contribution in [3.05, 3.63) is 63.9 Å². The normalized spacial score (nSPS) is 24.2. The molecule has 2 bridgehead atoms. The third-order valence-electron chi connectivity index (χ3n) is 12.6. The van der Waals surface area contributed by atoms with Crippen LogP contribution in [0.1, 0.15) is 61.6 Å². The van der Waals surface area contributed by atoms with Crippen molar-refractivity contribution in [1.82, 2.24) is 24.8 Å². The number of rotatable bonds is 11. The molecule has 0 radical (unpaired) electrons. The van der Waals surface area contributed by atoms with Gasteiger partial charge in [-0.1, -0.05) is 30.2 Å². The first-order chi connectivity index (χ1) is 26.9. The molecule has 2 aromatic carbocycles. The standard InChI is InChI=1S/C41H48ClF4N7O3/c1-24-18-32(47-20-25-7-11-28(55-3)12-8-25)48-37(34(24)41(44,45)46)33-30(42)19-29-36(35(33)43)49-39(56-23-40-13-4-6-31(40)51(2)15-5-14-40)50-38(29)52-21-26-9-10-27(22-52)53(26)16-17-54/h7-8,11-12,18-19,26-27,31,54H,4-6,9-10,13-17,20-23H2,1-3H3,(H,47,48)/t26?,27?,31-,40-/m1/s1. The maximum Gasteiger partial charge on any atom is 0.418 e. The lowest BCUT2D eigenvalue weighted by molar-refractivity contribution is -0.137. The molecular formula is C41H48ClF4N7O3. The Morgan fingerprint density at radius 2 is 1.75 bits per heavy atom. The molecule has 10 nitrogen and oxygen atoms in total. The van der Waals surface area contributed by atoms with E-state index in [2.05, 4.69) is 37.0 Å². The highest BCUT2D eigenvalue weighted by atomic mass is 35.5. The molecule has 8 rings (SSSR count). The molecule has 56 heavy (non-hydrogen) atoms. The van der Waals surface area contributed by atoms with Crippen molar-refractivity contribution in [2.75, 3.05) is 63.8 Å². The molecule has 0 amide bonds. The molecule has 4 atom stereocenters. The van der Waals surface area contributed by atoms with Crippen LogP contribution in [0.5, 0.6) is 11.8 Å². The number of methoxy groups -OCH3 is 1. The van der Waals surface area contributed by atoms with E-state index in [1.807, 2.05) is 12.1 Å². The third kappa shape index (κ3) is 7.22. The summed E-state index contributed by atoms with van der Waals surface area (Å²) >= 11 is 6.87. The molecule has 2 aromatic heterocycles. The van der Waals surface area contributed by atoms with E-state index in [0.29, 0.717) is 43.9 Å². The molecule has 4 fully saturated rings. The van der Waals surface area contributed by atoms with Gasteiger partial charge in [0.1, 0.15) is 22.9 Å². The zero-order chi connectivity index (χ0) is 39.4. The van der Waals surface area contributed by atoms with Gasteiger partial charge in [0, 0.05) is 55.1 Å². The number of fused-ring (bicyclic) bond motifs is 4. The summed E-state index contributed by atoms with van der Waals surface area (Å²) < 4.78 is 73.6. The first-order valence-electron chi connectivity index (χ1n) is 19.5. The summed E-state index contributed by atoms with van der Waals surface area (Å²) in [6.45, 7) is 4.70. The Hall–Kier alpha value is -3.98. The Balaban J connectivity index is 1.22. The smallest absolute Gasteiger partial charge is 0.418 e. The average Bonchev–Trinajstić information content (AvgIpc) is 3.70. The number of halogens is 5. The summed E-state index contributed by atoms with van der Waals surface area (Å²) in [7, 11) is 3.71. The number of aliphatic hydroxyl groups is 1. The Kier molecular flexibility index (Phi) is 10.7. The third-order valence-corrected chi connectivity index (χ3v) is 12.9. The van der Waals surface area contributed by atoms with Gasteiger partial charge in [-0.15, -0.1) is 0 Å². The van der Waals surface area contributed by atoms with E-state index >= 15 is 4.39 Å². The zero-order valence-corrected chi connectivity index (χ0v) is 32.7. The maximum atomic E-state index is 17.4. The fraction of sp³-hybridized carbons (Fsp3) is 0.537. The predicted molar refractivity (Wildman–Crippen MR) is 208 cm³/mol. The van der Waals surface area contributed by atoms with E-state index in [4.69, 9.17) is 26.1 Å². The second-order valence-electron chi connectivity index (χ2n) is 15.9. The van der Waals surface area contributed by atoms with Gasteiger partial charge in [0.05, 0.1) is 42.2 Å². The van der Waals surface area contributed by atoms with Crippen LogP contribution >= 0.6 is 11.6 Å². The highest BCUT2D eigenvalue weighted by Crippen LogP contribution is 2.49. The van der Waals surface area contributed by atoms with Gasteiger partial charge in [0.2, 0.25) is 0 Å². The summed E-state index contributed by atoms with van der Waals surface area (Å²) in [6, 6.07) is 10.6. The van der Waals surface area contributed by atoms with Crippen molar-refractivity contribution in [3.63, 3.8) is 0 Å². The highest BCUT2D eigenvalue weighted by molar-refractivity contribution is 6.34. The second-order valence-corrected chi connectivity index (χ2v) is 16.3. The monoisotopic (exact) mass is 797 g/mol. The van der Waals surface area contributed by atoms with Crippen LogP contribution in [-0.2, 0) is 12.7 Å². The Morgan fingerprint density at radius 3 is 2.45 bits per heavy atom. The number of aryl methyl sites for hydroxylation is 1. The molecule has 1 aliphatic carbocycles. The van der Waals surface area contributed by atoms with E-state index in [1.54, 1.807) is 19.2 Å². The van der Waals surface area contributed by atoms with Gasteiger partial charge >= 0.3 is 12.2 Å². The SMILES string of the molecule is COc1ccc(CNc2cc(C)c(C(F)(F)F)c(-c3c(Cl)cc4c(N5CC6CCC(C5)N6CCO)nc(OC[C@]56CCC[C@H]5N(C)CCC6)nc4c3F)n2)cc1. The summed E-state index contributed by atoms with van der Waals surface area (Å²) in [5.41, 5.74) is -1.77. The minimum atomic E-state index is -4.87. The van der Waals surface area contributed by atoms with Crippen molar-refractivity contribution in [2.45, 2.75) is 82.7 Å². The highest BCUT2D eigenvalue weighted by Gasteiger charge is 2.48. The van der Waals surface area contributed by atoms with Crippen molar-refractivity contribution >= 4 is 34.1 Å². The quantitative estimate of drug-likeness (QED) is 0.147. The number of alkyl halides is 3. The first kappa shape index (κ1) is 38.9. The van der Waals surface area contributed by atoms with Crippen molar-refractivity contribution in [2.24, 2.45) is 5.41 Å². The number of pyridine rings is 1. The van der Waals surface area contributed by atoms with E-state index in [0.717, 1.165) is 57.1 Å². The Labute approximate surface area is 329 Å². The maximum absolute atomic E-state index is 17.4. The van der Waals surface area contributed by atoms with Gasteiger partial charge in [0.15, 0.2) is 5.82 Å². The van der Waals surface area contributed by atoms with Crippen LogP contribution in [0.2, 0.25) is 5.02 Å². The van der Waals surface area contributed by atoms with Crippen LogP contribution in [0.25, 0.3) is 22.2 Å². The van der Waals surface area contributed by atoms with Gasteiger partial charge in [-0.25, -0.2) is 9.37 Å². The number of aromatic nitrogens is 3. The van der Waals surface area contributed by atoms with Crippen molar-refractivity contribution < 1.29 is 32.1 Å². The van der Waals surface area contributed by atoms with Crippen LogP contribution in [-0.4, -0.2) is 102 Å². The molecule has 300 valence electrons. The van der Waals surface area contributed by atoms with E-state index in [1.165, 1.54) is 19.1 Å². The number of nitrogens with zero attached hydrogens (tertiary/aromatic N) is 6. The number of piperazine rings is 1. The molecule has 4 aliphatic rings. The van der Waals surface area contributed by atoms with Gasteiger partial charge in [-0.05, 0) is 94.4 Å². The molecule has 2 N–H and O–H groups in total. The van der Waals surface area contributed by atoms with Crippen LogP contribution in [0.4, 0.5) is 29.2 Å². The molecule has 2 unspecified atom stereocenters. The molecular weight excluding hydrogens is 750 g/mol. The summed E-state index contributed by atoms with van der Waals surface area (Å²) in [6.07, 6.45) is 2.22. The predicted octanol–water partition coefficient (Wildman–Crippen LogP) is 7.72. The Morgan fingerprint density at radius 1 is 1.02 bits per heavy atom. The van der Waals surface area contributed by atoms with E-state index < -0.39 is 28.8 Å². The van der Waals surface area contributed by atoms with Crippen LogP contribution < -0.4 is 19.7 Å². The number of hydrogen-bond acceptors (Lipinski definition) is 10. The van der Waals surface area contributed by atoms with Crippen LogP contribution in [0.3, 0.4) is 0 Å². The summed E-state index contributed by atoms with van der Waals surface area (Å²) in [5.74, 6) is 0.196. The number of nitrogens with one attached hydrogen (secondary N) is 1. The lowest BCUT2D eigenvalue weighted by atomic mass is 9.76. The summed E-state index contributed by atoms with van der Waals surface area (Å²) in [4.78, 5) is 20.7. The lowest BCUT2D eigenvalue weighted by Gasteiger charge is -2.44. The van der Waals surface area contributed by atoms with Crippen molar-refractivity contribution in [3.8, 4) is 23.0 Å². The van der Waals surface area contributed by atoms with Gasteiger partial charge in [0.25, 0.3) is 0 Å². The van der Waals surface area contributed by atoms with E-state index in [9.17, 15) is 18.3 Å². The minimum Gasteiger partial charge on any atom is -0.497 e. The zero-order valence-electron chi connectivity index (χ0n) is 31.9. The lowest BCUT2D eigenvalue weighted by Crippen LogP contribution is -2.54. The fourth-order valence-electron chi connectivity index (χ4n) is 9.95. The van der Waals surface area contributed by atoms with Crippen LogP contribution in [0, 0.1) is 18.2 Å². The van der Waals surface area contributed by atoms with Gasteiger partial charge in [-0.3, -0.25) is 4.90 Å². The van der Waals surface area contributed by atoms with Gasteiger partial charge < -0.3 is 29.7 Å². The number of piperidine rings is 1. The number of benzene rings is 2. The number of hydrogen-bond donors (Lipinski definition) is 2. The molecule has 0 spiro atoms. The molecule has 15 heteroatoms. The topological polar surface area (TPSA) is 99.1 Å². The largest absolute Gasteiger partial charge is 0.497 e. The number of ether oxygens (including phenoxy) is 2. The van der Waals surface area contributed by atoms with Crippen LogP contribution in [0.15, 0.2) is 36.4 Å². The fourth-order valence-corrected chi connectivity index (χ4v) is 10.2. The second kappa shape index (κ2) is 15.4. The molecule has 3 aliphatic heterocycles.